The summed E-state index contributed by atoms with van der Waals surface area (Å²) < 4.78 is 33.1. The molecule has 0 aliphatic heterocycles. The summed E-state index contributed by atoms with van der Waals surface area (Å²) in [6.45, 7) is 0.102. The van der Waals surface area contributed by atoms with Crippen molar-refractivity contribution in [3.63, 3.8) is 0 Å². The average Bonchev–Trinajstić information content (AvgIpc) is 2.32. The third-order valence-corrected chi connectivity index (χ3v) is 7.87. The average molecular weight is 402 g/mol. The van der Waals surface area contributed by atoms with Gasteiger partial charge in [0.15, 0.2) is 0 Å². The Balaban J connectivity index is 1.93. The van der Waals surface area contributed by atoms with E-state index in [-0.39, 0.29) is 6.61 Å². The van der Waals surface area contributed by atoms with Crippen LogP contribution in [0, 0.1) is 0 Å². The van der Waals surface area contributed by atoms with E-state index < -0.39 is 10.4 Å². The van der Waals surface area contributed by atoms with Gasteiger partial charge >= 0.3 is 121 Å². The van der Waals surface area contributed by atoms with Crippen LogP contribution >= 0.6 is 0 Å². The Kier molecular flexibility index (Phi) is 8.18. The van der Waals surface area contributed by atoms with Crippen LogP contribution in [0.5, 0.6) is 0 Å². The van der Waals surface area contributed by atoms with Crippen molar-refractivity contribution in [1.82, 2.24) is 0 Å². The summed E-state index contributed by atoms with van der Waals surface area (Å²) in [4.78, 5) is 0. The molecule has 0 aliphatic carbocycles. The van der Waals surface area contributed by atoms with Crippen molar-refractivity contribution in [3.05, 3.63) is 35.9 Å². The Labute approximate surface area is 121 Å². The third kappa shape index (κ3) is 9.11. The van der Waals surface area contributed by atoms with Crippen molar-refractivity contribution in [2.45, 2.75) is 21.3 Å². The second-order valence-electron chi connectivity index (χ2n) is 3.40. The molecule has 1 N–H and O–H groups in total. The Bertz CT molecular complexity index is 422. The number of hydrogen-bond acceptors (Lipinski definition) is 3. The molecule has 0 saturated carbocycles. The molecule has 102 valence electrons. The van der Waals surface area contributed by atoms with E-state index in [9.17, 15) is 8.42 Å². The van der Waals surface area contributed by atoms with Crippen molar-refractivity contribution < 1.29 is 17.2 Å². The SMILES string of the molecule is O=S(=O)(O)OCC[Se]CC[Se]Cc1ccccc1. The molecule has 0 bridgehead atoms. The van der Waals surface area contributed by atoms with Crippen LogP contribution in [0.15, 0.2) is 30.3 Å². The van der Waals surface area contributed by atoms with Crippen molar-refractivity contribution in [2.24, 2.45) is 0 Å². The number of hydrogen-bond donors (Lipinski definition) is 1. The molecule has 0 radical (unpaired) electrons. The van der Waals surface area contributed by atoms with Crippen molar-refractivity contribution in [2.75, 3.05) is 6.61 Å². The first-order chi connectivity index (χ1) is 8.58. The van der Waals surface area contributed by atoms with Gasteiger partial charge in [-0.3, -0.25) is 0 Å². The molecule has 18 heavy (non-hydrogen) atoms. The molecule has 0 aromatic heterocycles. The van der Waals surface area contributed by atoms with Gasteiger partial charge < -0.3 is 0 Å². The first-order valence-electron chi connectivity index (χ1n) is 5.39. The molecule has 4 nitrogen and oxygen atoms in total. The topological polar surface area (TPSA) is 63.6 Å². The zero-order valence-corrected chi connectivity index (χ0v) is 14.1. The zero-order chi connectivity index (χ0) is 13.3. The van der Waals surface area contributed by atoms with Crippen LogP contribution in [-0.4, -0.2) is 49.5 Å². The second-order valence-corrected chi connectivity index (χ2v) is 9.38. The molecule has 7 heteroatoms. The first-order valence-corrected chi connectivity index (χ1v) is 11.6. The van der Waals surface area contributed by atoms with Gasteiger partial charge in [0.1, 0.15) is 0 Å². The normalized spacial score (nSPS) is 11.6. The van der Waals surface area contributed by atoms with Crippen LogP contribution in [0.1, 0.15) is 5.56 Å². The van der Waals surface area contributed by atoms with Crippen LogP contribution in [0.25, 0.3) is 0 Å². The van der Waals surface area contributed by atoms with E-state index in [1.165, 1.54) is 10.9 Å². The Morgan fingerprint density at radius 2 is 1.72 bits per heavy atom. The zero-order valence-electron chi connectivity index (χ0n) is 9.82. The fourth-order valence-corrected chi connectivity index (χ4v) is 6.83. The predicted molar refractivity (Wildman–Crippen MR) is 73.6 cm³/mol. The first kappa shape index (κ1) is 16.2. The van der Waals surface area contributed by atoms with E-state index in [0.717, 1.165) is 16.0 Å². The molecule has 0 amide bonds. The molecular formula is C11H16O4SSe2. The van der Waals surface area contributed by atoms with Crippen molar-refractivity contribution >= 4 is 40.3 Å². The van der Waals surface area contributed by atoms with Gasteiger partial charge in [0.25, 0.3) is 0 Å². The van der Waals surface area contributed by atoms with Crippen molar-refractivity contribution in [3.8, 4) is 0 Å². The van der Waals surface area contributed by atoms with Gasteiger partial charge in [-0.05, 0) is 0 Å². The van der Waals surface area contributed by atoms with Crippen LogP contribution < -0.4 is 0 Å². The minimum absolute atomic E-state index is 0.102. The minimum atomic E-state index is -4.24. The van der Waals surface area contributed by atoms with E-state index in [2.05, 4.69) is 28.4 Å². The summed E-state index contributed by atoms with van der Waals surface area (Å²) in [6, 6.07) is 10.4. The summed E-state index contributed by atoms with van der Waals surface area (Å²) in [5.41, 5.74) is 1.39. The molecule has 0 atom stereocenters. The van der Waals surface area contributed by atoms with Crippen LogP contribution in [0.3, 0.4) is 0 Å². The molecule has 0 unspecified atom stereocenters. The van der Waals surface area contributed by atoms with Crippen molar-refractivity contribution in [1.29, 1.82) is 0 Å². The van der Waals surface area contributed by atoms with Gasteiger partial charge in [0, 0.05) is 0 Å². The monoisotopic (exact) mass is 404 g/mol. The maximum atomic E-state index is 10.3. The predicted octanol–water partition coefficient (Wildman–Crippen LogP) is 1.67. The van der Waals surface area contributed by atoms with Gasteiger partial charge in [-0.15, -0.1) is 0 Å². The van der Waals surface area contributed by atoms with E-state index in [1.807, 2.05) is 6.07 Å². The quantitative estimate of drug-likeness (QED) is 0.388. The summed E-state index contributed by atoms with van der Waals surface area (Å²) >= 11 is 1.02. The van der Waals surface area contributed by atoms with Crippen LogP contribution in [-0.2, 0) is 19.9 Å². The summed E-state index contributed by atoms with van der Waals surface area (Å²) in [6.07, 6.45) is 0. The van der Waals surface area contributed by atoms with Gasteiger partial charge in [0.05, 0.1) is 0 Å². The Morgan fingerprint density at radius 1 is 1.06 bits per heavy atom. The molecule has 0 aliphatic rings. The maximum absolute atomic E-state index is 10.3. The summed E-state index contributed by atoms with van der Waals surface area (Å²) in [5.74, 6) is 0. The van der Waals surface area contributed by atoms with E-state index in [0.29, 0.717) is 29.9 Å². The molecule has 0 fully saturated rings. The molecular weight excluding hydrogens is 386 g/mol. The Morgan fingerprint density at radius 3 is 2.39 bits per heavy atom. The van der Waals surface area contributed by atoms with E-state index >= 15 is 0 Å². The third-order valence-electron chi connectivity index (χ3n) is 1.94. The van der Waals surface area contributed by atoms with Gasteiger partial charge in [0.2, 0.25) is 0 Å². The fourth-order valence-electron chi connectivity index (χ4n) is 1.18. The number of benzene rings is 1. The molecule has 0 heterocycles. The molecule has 1 rings (SSSR count). The van der Waals surface area contributed by atoms with Gasteiger partial charge in [-0.1, -0.05) is 0 Å². The van der Waals surface area contributed by atoms with E-state index in [1.54, 1.807) is 0 Å². The summed E-state index contributed by atoms with van der Waals surface area (Å²) in [7, 11) is -4.24. The van der Waals surface area contributed by atoms with E-state index in [4.69, 9.17) is 4.55 Å². The van der Waals surface area contributed by atoms with Crippen LogP contribution in [0.2, 0.25) is 16.0 Å². The Hall–Kier alpha value is 0.129. The van der Waals surface area contributed by atoms with Crippen LogP contribution in [0.4, 0.5) is 0 Å². The molecule has 0 saturated heterocycles. The number of rotatable bonds is 9. The molecule has 0 spiro atoms. The molecule has 1 aromatic carbocycles. The summed E-state index contributed by atoms with van der Waals surface area (Å²) in [5, 5.41) is 4.25. The fraction of sp³-hybridized carbons (Fsp3) is 0.455. The second kappa shape index (κ2) is 9.10. The van der Waals surface area contributed by atoms with Gasteiger partial charge in [-0.2, -0.15) is 0 Å². The standard InChI is InChI=1S/C11H16O4SSe2/c12-16(13,14)15-6-7-17-8-9-18-10-11-4-2-1-3-5-11/h1-5H,6-10H2,(H,12,13,14). The van der Waals surface area contributed by atoms with Gasteiger partial charge in [-0.25, -0.2) is 0 Å². The molecule has 1 aromatic rings.